The molecular weight excluding hydrogens is 409 g/mol. The molecule has 2 fully saturated rings. The molecule has 2 aromatic carbocycles. The minimum absolute atomic E-state index is 0.0944. The Morgan fingerprint density at radius 1 is 1.18 bits per heavy atom. The zero-order valence-corrected chi connectivity index (χ0v) is 19.5. The van der Waals surface area contributed by atoms with Crippen LogP contribution in [0.15, 0.2) is 59.9 Å². The average molecular weight is 439 g/mol. The van der Waals surface area contributed by atoms with Crippen molar-refractivity contribution in [3.05, 3.63) is 76.6 Å². The first-order valence-corrected chi connectivity index (χ1v) is 12.4. The molecule has 2 aromatic rings. The molecule has 3 aliphatic carbocycles. The molecule has 0 amide bonds. The number of methoxy groups -OCH3 is 1. The van der Waals surface area contributed by atoms with Gasteiger partial charge in [0, 0.05) is 24.7 Å². The molecule has 2 heterocycles. The topological polar surface area (TPSA) is 30.9 Å². The summed E-state index contributed by atoms with van der Waals surface area (Å²) in [6.45, 7) is 2.91. The Balaban J connectivity index is 1.35. The fraction of sp³-hybridized carbons (Fsp3) is 0.429. The van der Waals surface area contributed by atoms with E-state index in [4.69, 9.17) is 14.2 Å². The molecule has 1 saturated carbocycles. The third-order valence-electron chi connectivity index (χ3n) is 8.56. The van der Waals surface area contributed by atoms with Gasteiger partial charge in [-0.05, 0) is 60.4 Å². The molecule has 5 heteroatoms. The van der Waals surface area contributed by atoms with Crippen LogP contribution in [-0.2, 0) is 23.2 Å². The summed E-state index contributed by atoms with van der Waals surface area (Å²) >= 11 is 0. The highest BCUT2D eigenvalue weighted by Crippen LogP contribution is 2.62. The van der Waals surface area contributed by atoms with E-state index in [1.807, 2.05) is 6.07 Å². The zero-order chi connectivity index (χ0) is 22.2. The minimum atomic E-state index is -0.120. The fourth-order valence-electron chi connectivity index (χ4n) is 6.79. The van der Waals surface area contributed by atoms with Crippen molar-refractivity contribution in [1.82, 2.24) is 4.90 Å². The molecule has 4 nitrogen and oxygen atoms in total. The predicted molar refractivity (Wildman–Crippen MR) is 131 cm³/mol. The molecule has 5 aliphatic rings. The lowest BCUT2D eigenvalue weighted by Gasteiger charge is -2.54. The fourth-order valence-corrected chi connectivity index (χ4v) is 6.79. The van der Waals surface area contributed by atoms with Gasteiger partial charge in [0.2, 0.25) is 0 Å². The van der Waals surface area contributed by atoms with Gasteiger partial charge in [0.1, 0.15) is 20.2 Å². The third kappa shape index (κ3) is 2.81. The maximum absolute atomic E-state index is 6.81. The standard InChI is InChI=1S/C28H30BNO3/c1-31-23-10-9-20-22-13-19-21(29)14-24(32-16-18-5-3-2-4-6-18)26-25(19)28(20,27(23)33-26)11-12-30(22)15-17-7-8-17/h2-6,9-10,14,17,22,27H,7-8,11-13,15-16,29H2,1H3/t22?,27-,28-/m1/s1. The SMILES string of the molecule is Bc1cc(OCc2ccccc2)c2c3c1CC1C4=CC=C(OC)[C@@H](O2)[C@]43CCN1CC1CC1. The summed E-state index contributed by atoms with van der Waals surface area (Å²) < 4.78 is 19.1. The van der Waals surface area contributed by atoms with Crippen LogP contribution in [0.3, 0.4) is 0 Å². The Hall–Kier alpha value is -2.66. The molecule has 33 heavy (non-hydrogen) atoms. The molecule has 1 unspecified atom stereocenters. The smallest absolute Gasteiger partial charge is 0.169 e. The summed E-state index contributed by atoms with van der Waals surface area (Å²) in [4.78, 5) is 2.76. The van der Waals surface area contributed by atoms with Crippen LogP contribution in [-0.4, -0.2) is 45.1 Å². The van der Waals surface area contributed by atoms with Crippen LogP contribution in [0, 0.1) is 5.92 Å². The van der Waals surface area contributed by atoms with Gasteiger partial charge in [0.05, 0.1) is 12.5 Å². The maximum Gasteiger partial charge on any atom is 0.169 e. The highest BCUT2D eigenvalue weighted by molar-refractivity contribution is 6.34. The van der Waals surface area contributed by atoms with Crippen LogP contribution in [0.5, 0.6) is 11.5 Å². The average Bonchev–Trinajstić information content (AvgIpc) is 3.59. The first-order chi connectivity index (χ1) is 16.2. The number of hydrogen-bond acceptors (Lipinski definition) is 4. The van der Waals surface area contributed by atoms with Gasteiger partial charge in [0.15, 0.2) is 17.6 Å². The van der Waals surface area contributed by atoms with E-state index in [1.165, 1.54) is 47.1 Å². The molecule has 0 N–H and O–H groups in total. The number of allylic oxidation sites excluding steroid dienone is 2. The van der Waals surface area contributed by atoms with Gasteiger partial charge in [-0.15, -0.1) is 0 Å². The molecule has 2 bridgehead atoms. The zero-order valence-electron chi connectivity index (χ0n) is 19.5. The van der Waals surface area contributed by atoms with Crippen LogP contribution < -0.4 is 14.9 Å². The number of likely N-dealkylation sites (tertiary alicyclic amines) is 1. The van der Waals surface area contributed by atoms with Crippen LogP contribution in [0.4, 0.5) is 0 Å². The summed E-state index contributed by atoms with van der Waals surface area (Å²) in [6.07, 6.45) is 9.36. The Morgan fingerprint density at radius 2 is 2.03 bits per heavy atom. The molecule has 3 atom stereocenters. The van der Waals surface area contributed by atoms with Crippen molar-refractivity contribution in [2.45, 2.75) is 49.9 Å². The van der Waals surface area contributed by atoms with Crippen molar-refractivity contribution in [2.24, 2.45) is 5.92 Å². The van der Waals surface area contributed by atoms with Crippen LogP contribution in [0.2, 0.25) is 0 Å². The summed E-state index contributed by atoms with van der Waals surface area (Å²) in [5.74, 6) is 3.65. The third-order valence-corrected chi connectivity index (χ3v) is 8.56. The summed E-state index contributed by atoms with van der Waals surface area (Å²) in [5.41, 5.74) is 6.76. The van der Waals surface area contributed by atoms with E-state index in [-0.39, 0.29) is 11.5 Å². The van der Waals surface area contributed by atoms with Crippen molar-refractivity contribution >= 4 is 13.3 Å². The maximum atomic E-state index is 6.81. The lowest BCUT2D eigenvalue weighted by Crippen LogP contribution is -2.60. The van der Waals surface area contributed by atoms with Gasteiger partial charge < -0.3 is 14.2 Å². The Kier molecular flexibility index (Phi) is 4.30. The molecule has 2 aliphatic heterocycles. The Morgan fingerprint density at radius 3 is 2.82 bits per heavy atom. The van der Waals surface area contributed by atoms with Gasteiger partial charge >= 0.3 is 0 Å². The van der Waals surface area contributed by atoms with E-state index < -0.39 is 0 Å². The lowest BCUT2D eigenvalue weighted by molar-refractivity contribution is 0.0623. The molecule has 1 spiro atoms. The normalized spacial score (nSPS) is 29.0. The number of nitrogens with zero attached hydrogens (tertiary/aromatic N) is 1. The summed E-state index contributed by atoms with van der Waals surface area (Å²) in [5, 5.41) is 0. The highest BCUT2D eigenvalue weighted by Gasteiger charge is 2.62. The van der Waals surface area contributed by atoms with Gasteiger partial charge in [-0.3, -0.25) is 4.90 Å². The van der Waals surface area contributed by atoms with Crippen molar-refractivity contribution in [3.63, 3.8) is 0 Å². The van der Waals surface area contributed by atoms with Gasteiger partial charge in [-0.2, -0.15) is 0 Å². The van der Waals surface area contributed by atoms with Crippen molar-refractivity contribution < 1.29 is 14.2 Å². The predicted octanol–water partition coefficient (Wildman–Crippen LogP) is 3.03. The first kappa shape index (κ1) is 19.8. The van der Waals surface area contributed by atoms with Crippen LogP contribution in [0.1, 0.15) is 36.0 Å². The number of benzene rings is 2. The van der Waals surface area contributed by atoms with Gasteiger partial charge in [0.25, 0.3) is 0 Å². The van der Waals surface area contributed by atoms with E-state index in [1.54, 1.807) is 7.11 Å². The van der Waals surface area contributed by atoms with E-state index >= 15 is 0 Å². The van der Waals surface area contributed by atoms with E-state index in [0.29, 0.717) is 12.6 Å². The monoisotopic (exact) mass is 439 g/mol. The molecule has 0 radical (unpaired) electrons. The lowest BCUT2D eigenvalue weighted by atomic mass is 9.56. The quantitative estimate of drug-likeness (QED) is 0.648. The number of rotatable bonds is 6. The molecule has 1 saturated heterocycles. The van der Waals surface area contributed by atoms with Crippen molar-refractivity contribution in [3.8, 4) is 11.5 Å². The number of ether oxygens (including phenoxy) is 3. The molecular formula is C28H30BNO3. The van der Waals surface area contributed by atoms with E-state index in [0.717, 1.165) is 42.6 Å². The van der Waals surface area contributed by atoms with Crippen molar-refractivity contribution in [1.29, 1.82) is 0 Å². The Labute approximate surface area is 196 Å². The Bertz CT molecular complexity index is 1190. The van der Waals surface area contributed by atoms with Crippen LogP contribution >= 0.6 is 0 Å². The van der Waals surface area contributed by atoms with Gasteiger partial charge in [-0.1, -0.05) is 41.9 Å². The largest absolute Gasteiger partial charge is 0.497 e. The summed E-state index contributed by atoms with van der Waals surface area (Å²) in [6, 6.07) is 13.0. The van der Waals surface area contributed by atoms with E-state index in [9.17, 15) is 0 Å². The number of hydrogen-bond donors (Lipinski definition) is 0. The first-order valence-electron chi connectivity index (χ1n) is 12.4. The van der Waals surface area contributed by atoms with Gasteiger partial charge in [-0.25, -0.2) is 0 Å². The second-order valence-electron chi connectivity index (χ2n) is 10.4. The van der Waals surface area contributed by atoms with Crippen molar-refractivity contribution in [2.75, 3.05) is 20.2 Å². The number of piperidine rings is 1. The summed E-state index contributed by atoms with van der Waals surface area (Å²) in [7, 11) is 4.02. The molecule has 0 aromatic heterocycles. The second-order valence-corrected chi connectivity index (χ2v) is 10.4. The van der Waals surface area contributed by atoms with E-state index in [2.05, 4.69) is 55.2 Å². The second kappa shape index (κ2) is 7.17. The molecule has 7 rings (SSSR count). The minimum Gasteiger partial charge on any atom is -0.497 e. The molecule has 168 valence electrons. The van der Waals surface area contributed by atoms with Crippen LogP contribution in [0.25, 0.3) is 0 Å². The highest BCUT2D eigenvalue weighted by atomic mass is 16.6.